The SMILES string of the molecule is Cc1ccc(C)c(N2CC(c3noc(-c4ccccc4C)n3)CC2=O)c1. The molecule has 1 saturated heterocycles. The Balaban J connectivity index is 1.60. The van der Waals surface area contributed by atoms with Crippen LogP contribution in [-0.4, -0.2) is 22.6 Å². The van der Waals surface area contributed by atoms with E-state index in [9.17, 15) is 4.79 Å². The molecule has 2 aromatic carbocycles. The van der Waals surface area contributed by atoms with Crippen LogP contribution in [0, 0.1) is 20.8 Å². The maximum Gasteiger partial charge on any atom is 0.258 e. The van der Waals surface area contributed by atoms with E-state index in [2.05, 4.69) is 28.3 Å². The number of amides is 1. The lowest BCUT2D eigenvalue weighted by atomic mass is 10.1. The summed E-state index contributed by atoms with van der Waals surface area (Å²) in [5.74, 6) is 1.16. The third-order valence-electron chi connectivity index (χ3n) is 4.96. The summed E-state index contributed by atoms with van der Waals surface area (Å²) in [6.45, 7) is 6.66. The molecular weight excluding hydrogens is 326 g/mol. The molecule has 3 aromatic rings. The van der Waals surface area contributed by atoms with Crippen molar-refractivity contribution in [3.05, 3.63) is 65.0 Å². The normalized spacial score (nSPS) is 17.1. The molecule has 1 atom stereocenters. The fourth-order valence-electron chi connectivity index (χ4n) is 3.45. The van der Waals surface area contributed by atoms with Gasteiger partial charge in [-0.2, -0.15) is 4.98 Å². The number of carbonyl (C=O) groups excluding carboxylic acids is 1. The van der Waals surface area contributed by atoms with Gasteiger partial charge in [0.1, 0.15) is 0 Å². The topological polar surface area (TPSA) is 59.2 Å². The lowest BCUT2D eigenvalue weighted by molar-refractivity contribution is -0.117. The second kappa shape index (κ2) is 6.41. The van der Waals surface area contributed by atoms with E-state index < -0.39 is 0 Å². The molecule has 1 unspecified atom stereocenters. The number of aromatic nitrogens is 2. The van der Waals surface area contributed by atoms with E-state index in [0.29, 0.717) is 24.7 Å². The van der Waals surface area contributed by atoms with Gasteiger partial charge >= 0.3 is 0 Å². The third-order valence-corrected chi connectivity index (χ3v) is 4.96. The van der Waals surface area contributed by atoms with Gasteiger partial charge in [0.25, 0.3) is 5.89 Å². The Morgan fingerprint density at radius 3 is 2.69 bits per heavy atom. The second-order valence-electron chi connectivity index (χ2n) is 6.97. The van der Waals surface area contributed by atoms with Gasteiger partial charge in [-0.3, -0.25) is 4.79 Å². The van der Waals surface area contributed by atoms with E-state index in [1.807, 2.05) is 49.9 Å². The minimum Gasteiger partial charge on any atom is -0.334 e. The van der Waals surface area contributed by atoms with Gasteiger partial charge in [0.2, 0.25) is 5.91 Å². The number of aryl methyl sites for hydroxylation is 3. The number of carbonyl (C=O) groups is 1. The Morgan fingerprint density at radius 2 is 1.88 bits per heavy atom. The van der Waals surface area contributed by atoms with Crippen molar-refractivity contribution in [3.8, 4) is 11.5 Å². The zero-order chi connectivity index (χ0) is 18.3. The smallest absolute Gasteiger partial charge is 0.258 e. The molecule has 26 heavy (non-hydrogen) atoms. The summed E-state index contributed by atoms with van der Waals surface area (Å²) in [7, 11) is 0. The molecule has 1 aliphatic heterocycles. The Bertz CT molecular complexity index is 977. The van der Waals surface area contributed by atoms with Crippen LogP contribution in [0.15, 0.2) is 47.0 Å². The van der Waals surface area contributed by atoms with Gasteiger partial charge in [0.05, 0.1) is 0 Å². The van der Waals surface area contributed by atoms with Crippen molar-refractivity contribution in [2.75, 3.05) is 11.4 Å². The molecule has 1 fully saturated rings. The zero-order valence-electron chi connectivity index (χ0n) is 15.2. The lowest BCUT2D eigenvalue weighted by Crippen LogP contribution is -2.25. The van der Waals surface area contributed by atoms with Crippen LogP contribution in [0.3, 0.4) is 0 Å². The van der Waals surface area contributed by atoms with Crippen LogP contribution in [-0.2, 0) is 4.79 Å². The van der Waals surface area contributed by atoms with Crippen LogP contribution in [0.5, 0.6) is 0 Å². The second-order valence-corrected chi connectivity index (χ2v) is 6.97. The van der Waals surface area contributed by atoms with Gasteiger partial charge < -0.3 is 9.42 Å². The highest BCUT2D eigenvalue weighted by molar-refractivity contribution is 5.97. The number of nitrogens with zero attached hydrogens (tertiary/aromatic N) is 3. The molecule has 5 nitrogen and oxygen atoms in total. The Hall–Kier alpha value is -2.95. The fraction of sp³-hybridized carbons (Fsp3) is 0.286. The highest BCUT2D eigenvalue weighted by Crippen LogP contribution is 2.33. The highest BCUT2D eigenvalue weighted by atomic mass is 16.5. The predicted octanol–water partition coefficient (Wildman–Crippen LogP) is 4.18. The van der Waals surface area contributed by atoms with Crippen molar-refractivity contribution in [1.29, 1.82) is 0 Å². The number of benzene rings is 2. The molecular formula is C21H21N3O2. The average molecular weight is 347 g/mol. The minimum absolute atomic E-state index is 0.0519. The van der Waals surface area contributed by atoms with Crippen molar-refractivity contribution < 1.29 is 9.32 Å². The Labute approximate surface area is 152 Å². The summed E-state index contributed by atoms with van der Waals surface area (Å²) in [6.07, 6.45) is 0.403. The molecule has 132 valence electrons. The summed E-state index contributed by atoms with van der Waals surface area (Å²) >= 11 is 0. The van der Waals surface area contributed by atoms with E-state index in [0.717, 1.165) is 27.9 Å². The van der Waals surface area contributed by atoms with Gasteiger partial charge in [0, 0.05) is 30.1 Å². The quantitative estimate of drug-likeness (QED) is 0.713. The van der Waals surface area contributed by atoms with Gasteiger partial charge in [-0.1, -0.05) is 35.5 Å². The number of anilines is 1. The maximum atomic E-state index is 12.6. The highest BCUT2D eigenvalue weighted by Gasteiger charge is 2.35. The van der Waals surface area contributed by atoms with E-state index in [4.69, 9.17) is 4.52 Å². The van der Waals surface area contributed by atoms with Gasteiger partial charge in [-0.05, 0) is 49.6 Å². The molecule has 0 bridgehead atoms. The lowest BCUT2D eigenvalue weighted by Gasteiger charge is -2.19. The summed E-state index contributed by atoms with van der Waals surface area (Å²) in [6, 6.07) is 14.1. The minimum atomic E-state index is -0.0519. The zero-order valence-corrected chi connectivity index (χ0v) is 15.2. The molecule has 4 rings (SSSR count). The van der Waals surface area contributed by atoms with Crippen molar-refractivity contribution in [3.63, 3.8) is 0 Å². The molecule has 0 saturated carbocycles. The van der Waals surface area contributed by atoms with Crippen molar-refractivity contribution in [2.45, 2.75) is 33.1 Å². The van der Waals surface area contributed by atoms with Crippen LogP contribution in [0.2, 0.25) is 0 Å². The van der Waals surface area contributed by atoms with Crippen molar-refractivity contribution in [2.24, 2.45) is 0 Å². The fourth-order valence-corrected chi connectivity index (χ4v) is 3.45. The number of hydrogen-bond acceptors (Lipinski definition) is 4. The van der Waals surface area contributed by atoms with Crippen LogP contribution >= 0.6 is 0 Å². The standard InChI is InChI=1S/C21H21N3O2/c1-13-8-9-15(3)18(10-13)24-12-16(11-19(24)25)20-22-21(26-23-20)17-7-5-4-6-14(17)2/h4-10,16H,11-12H2,1-3H3. The Morgan fingerprint density at radius 1 is 1.08 bits per heavy atom. The molecule has 1 aliphatic rings. The first kappa shape index (κ1) is 16.5. The molecule has 0 aliphatic carbocycles. The number of hydrogen-bond donors (Lipinski definition) is 0. The third kappa shape index (κ3) is 2.90. The maximum absolute atomic E-state index is 12.6. The summed E-state index contributed by atoms with van der Waals surface area (Å²) < 4.78 is 5.47. The first-order chi connectivity index (χ1) is 12.5. The van der Waals surface area contributed by atoms with Gasteiger partial charge in [-0.25, -0.2) is 0 Å². The van der Waals surface area contributed by atoms with E-state index >= 15 is 0 Å². The molecule has 2 heterocycles. The Kier molecular flexibility index (Phi) is 4.07. The molecule has 1 amide bonds. The van der Waals surface area contributed by atoms with Crippen LogP contribution in [0.4, 0.5) is 5.69 Å². The first-order valence-corrected chi connectivity index (χ1v) is 8.80. The molecule has 0 N–H and O–H groups in total. The number of rotatable bonds is 3. The molecule has 5 heteroatoms. The summed E-state index contributed by atoms with van der Waals surface area (Å²) in [4.78, 5) is 19.0. The molecule has 1 aromatic heterocycles. The summed E-state index contributed by atoms with van der Waals surface area (Å²) in [5.41, 5.74) is 5.23. The van der Waals surface area contributed by atoms with Gasteiger partial charge in [-0.15, -0.1) is 0 Å². The van der Waals surface area contributed by atoms with Crippen molar-refractivity contribution >= 4 is 11.6 Å². The van der Waals surface area contributed by atoms with Crippen molar-refractivity contribution in [1.82, 2.24) is 10.1 Å². The van der Waals surface area contributed by atoms with Crippen LogP contribution in [0.25, 0.3) is 11.5 Å². The van der Waals surface area contributed by atoms with Crippen LogP contribution < -0.4 is 4.90 Å². The largest absolute Gasteiger partial charge is 0.334 e. The van der Waals surface area contributed by atoms with Crippen LogP contribution in [0.1, 0.15) is 34.9 Å². The summed E-state index contributed by atoms with van der Waals surface area (Å²) in [5, 5.41) is 4.15. The molecule has 0 radical (unpaired) electrons. The van der Waals surface area contributed by atoms with E-state index in [1.165, 1.54) is 0 Å². The van der Waals surface area contributed by atoms with Gasteiger partial charge in [0.15, 0.2) is 5.82 Å². The monoisotopic (exact) mass is 347 g/mol. The average Bonchev–Trinajstić information content (AvgIpc) is 3.24. The van der Waals surface area contributed by atoms with E-state index in [-0.39, 0.29) is 11.8 Å². The van der Waals surface area contributed by atoms with E-state index in [1.54, 1.807) is 0 Å². The molecule has 0 spiro atoms. The first-order valence-electron chi connectivity index (χ1n) is 8.80. The predicted molar refractivity (Wildman–Crippen MR) is 100 cm³/mol.